The summed E-state index contributed by atoms with van der Waals surface area (Å²) in [6.45, 7) is 3.43. The monoisotopic (exact) mass is 438 g/mol. The Morgan fingerprint density at radius 1 is 0.839 bits per heavy atom. The molecule has 0 heterocycles. The number of amides is 1. The standard InChI is InChI=1S/C24H26N2O4S/c1-18(20-10-6-4-7-11-20)25-24(27)19(2)26(31(3,28)29)21-14-16-23(17-15-21)30-22-12-8-5-9-13-22/h4-19H,1-3H3,(H,25,27)/t18-,19+/m1/s1. The van der Waals surface area contributed by atoms with Gasteiger partial charge in [0.05, 0.1) is 18.0 Å². The Bertz CT molecular complexity index is 1100. The van der Waals surface area contributed by atoms with E-state index in [9.17, 15) is 13.2 Å². The average molecular weight is 439 g/mol. The fraction of sp³-hybridized carbons (Fsp3) is 0.208. The first-order valence-corrected chi connectivity index (χ1v) is 11.8. The van der Waals surface area contributed by atoms with Gasteiger partial charge in [0, 0.05) is 0 Å². The van der Waals surface area contributed by atoms with Gasteiger partial charge in [-0.05, 0) is 55.8 Å². The zero-order valence-corrected chi connectivity index (χ0v) is 18.5. The van der Waals surface area contributed by atoms with Crippen molar-refractivity contribution in [3.8, 4) is 11.5 Å². The van der Waals surface area contributed by atoms with Crippen molar-refractivity contribution in [2.24, 2.45) is 0 Å². The third-order valence-electron chi connectivity index (χ3n) is 4.82. The fourth-order valence-electron chi connectivity index (χ4n) is 3.25. The summed E-state index contributed by atoms with van der Waals surface area (Å²) in [6.07, 6.45) is 1.09. The topological polar surface area (TPSA) is 75.7 Å². The molecule has 0 bridgehead atoms. The van der Waals surface area contributed by atoms with Crippen LogP contribution in [0.5, 0.6) is 11.5 Å². The molecule has 0 saturated carbocycles. The normalized spacial score (nSPS) is 13.1. The number of sulfonamides is 1. The van der Waals surface area contributed by atoms with E-state index in [4.69, 9.17) is 4.74 Å². The quantitative estimate of drug-likeness (QED) is 0.561. The molecule has 6 nitrogen and oxygen atoms in total. The van der Waals surface area contributed by atoms with E-state index in [1.54, 1.807) is 31.2 Å². The van der Waals surface area contributed by atoms with Crippen molar-refractivity contribution in [1.82, 2.24) is 5.32 Å². The van der Waals surface area contributed by atoms with Crippen LogP contribution < -0.4 is 14.4 Å². The number of ether oxygens (including phenoxy) is 1. The molecular formula is C24H26N2O4S. The lowest BCUT2D eigenvalue weighted by Gasteiger charge is -2.29. The van der Waals surface area contributed by atoms with Crippen LogP contribution in [0.2, 0.25) is 0 Å². The Balaban J connectivity index is 1.77. The highest BCUT2D eigenvalue weighted by atomic mass is 32.2. The van der Waals surface area contributed by atoms with Crippen molar-refractivity contribution in [3.63, 3.8) is 0 Å². The molecule has 3 aromatic carbocycles. The molecule has 0 aliphatic rings. The highest BCUT2D eigenvalue weighted by molar-refractivity contribution is 7.92. The van der Waals surface area contributed by atoms with Gasteiger partial charge in [-0.2, -0.15) is 0 Å². The Morgan fingerprint density at radius 3 is 1.90 bits per heavy atom. The number of hydrogen-bond donors (Lipinski definition) is 1. The summed E-state index contributed by atoms with van der Waals surface area (Å²) in [5.41, 5.74) is 1.33. The van der Waals surface area contributed by atoms with Crippen molar-refractivity contribution in [3.05, 3.63) is 90.5 Å². The number of carbonyl (C=O) groups is 1. The van der Waals surface area contributed by atoms with Crippen LogP contribution in [-0.2, 0) is 14.8 Å². The van der Waals surface area contributed by atoms with Gasteiger partial charge in [-0.25, -0.2) is 8.42 Å². The SMILES string of the molecule is C[C@@H](NC(=O)[C@H](C)N(c1ccc(Oc2ccccc2)cc1)S(C)(=O)=O)c1ccccc1. The molecule has 0 spiro atoms. The van der Waals surface area contributed by atoms with Crippen molar-refractivity contribution in [1.29, 1.82) is 0 Å². The molecule has 0 fully saturated rings. The summed E-state index contributed by atoms with van der Waals surface area (Å²) in [5, 5.41) is 2.89. The number of nitrogens with zero attached hydrogens (tertiary/aromatic N) is 1. The zero-order valence-electron chi connectivity index (χ0n) is 17.7. The highest BCUT2D eigenvalue weighted by Crippen LogP contribution is 2.27. The van der Waals surface area contributed by atoms with Crippen molar-refractivity contribution >= 4 is 21.6 Å². The summed E-state index contributed by atoms with van der Waals surface area (Å²) in [6, 6.07) is 24.2. The van der Waals surface area contributed by atoms with E-state index in [0.717, 1.165) is 16.1 Å². The van der Waals surface area contributed by atoms with Crippen LogP contribution in [0.3, 0.4) is 0 Å². The van der Waals surface area contributed by atoms with Gasteiger partial charge in [0.15, 0.2) is 0 Å². The van der Waals surface area contributed by atoms with Gasteiger partial charge in [0.1, 0.15) is 17.5 Å². The zero-order chi connectivity index (χ0) is 22.4. The third-order valence-corrected chi connectivity index (χ3v) is 6.06. The maximum absolute atomic E-state index is 12.9. The smallest absolute Gasteiger partial charge is 0.244 e. The Morgan fingerprint density at radius 2 is 1.35 bits per heavy atom. The van der Waals surface area contributed by atoms with E-state index in [-0.39, 0.29) is 11.9 Å². The van der Waals surface area contributed by atoms with Gasteiger partial charge in [0.2, 0.25) is 15.9 Å². The van der Waals surface area contributed by atoms with Gasteiger partial charge < -0.3 is 10.1 Å². The van der Waals surface area contributed by atoms with Crippen molar-refractivity contribution < 1.29 is 17.9 Å². The maximum Gasteiger partial charge on any atom is 0.244 e. The van der Waals surface area contributed by atoms with Gasteiger partial charge in [-0.3, -0.25) is 9.10 Å². The van der Waals surface area contributed by atoms with Crippen LogP contribution in [0.15, 0.2) is 84.9 Å². The van der Waals surface area contributed by atoms with Gasteiger partial charge in [0.25, 0.3) is 0 Å². The van der Waals surface area contributed by atoms with Gasteiger partial charge in [-0.15, -0.1) is 0 Å². The van der Waals surface area contributed by atoms with Crippen LogP contribution >= 0.6 is 0 Å². The fourth-order valence-corrected chi connectivity index (χ4v) is 4.43. The van der Waals surface area contributed by atoms with E-state index in [2.05, 4.69) is 5.32 Å². The lowest BCUT2D eigenvalue weighted by atomic mass is 10.1. The van der Waals surface area contributed by atoms with E-state index in [1.807, 2.05) is 67.6 Å². The van der Waals surface area contributed by atoms with Crippen molar-refractivity contribution in [2.45, 2.75) is 25.9 Å². The molecule has 0 saturated heterocycles. The van der Waals surface area contributed by atoms with E-state index < -0.39 is 16.1 Å². The molecule has 7 heteroatoms. The van der Waals surface area contributed by atoms with E-state index in [0.29, 0.717) is 17.2 Å². The highest BCUT2D eigenvalue weighted by Gasteiger charge is 2.30. The van der Waals surface area contributed by atoms with Crippen LogP contribution in [0.1, 0.15) is 25.5 Å². The van der Waals surface area contributed by atoms with Gasteiger partial charge in [-0.1, -0.05) is 48.5 Å². The number of benzene rings is 3. The number of carbonyl (C=O) groups excluding carboxylic acids is 1. The van der Waals surface area contributed by atoms with Crippen molar-refractivity contribution in [2.75, 3.05) is 10.6 Å². The molecule has 3 aromatic rings. The molecule has 31 heavy (non-hydrogen) atoms. The molecule has 0 aliphatic carbocycles. The molecule has 1 N–H and O–H groups in total. The predicted octanol–water partition coefficient (Wildman–Crippen LogP) is 4.51. The molecule has 2 atom stereocenters. The Kier molecular flexibility index (Phi) is 6.97. The molecule has 162 valence electrons. The average Bonchev–Trinajstić information content (AvgIpc) is 2.75. The number of para-hydroxylation sites is 1. The summed E-state index contributed by atoms with van der Waals surface area (Å²) in [4.78, 5) is 12.9. The van der Waals surface area contributed by atoms with Crippen LogP contribution in [0.4, 0.5) is 5.69 Å². The predicted molar refractivity (Wildman–Crippen MR) is 123 cm³/mol. The summed E-state index contributed by atoms with van der Waals surface area (Å²) < 4.78 is 31.9. The summed E-state index contributed by atoms with van der Waals surface area (Å²) >= 11 is 0. The van der Waals surface area contributed by atoms with E-state index >= 15 is 0 Å². The number of rotatable bonds is 8. The molecular weight excluding hydrogens is 412 g/mol. The van der Waals surface area contributed by atoms with Crippen LogP contribution in [0.25, 0.3) is 0 Å². The third kappa shape index (κ3) is 5.86. The lowest BCUT2D eigenvalue weighted by molar-refractivity contribution is -0.122. The number of anilines is 1. The molecule has 0 radical (unpaired) electrons. The second kappa shape index (κ2) is 9.66. The molecule has 0 aromatic heterocycles. The second-order valence-corrected chi connectivity index (χ2v) is 9.14. The summed E-state index contributed by atoms with van der Waals surface area (Å²) in [5.74, 6) is 0.863. The Hall–Kier alpha value is -3.32. The Labute approximate surface area is 183 Å². The first-order chi connectivity index (χ1) is 14.8. The molecule has 0 aliphatic heterocycles. The lowest BCUT2D eigenvalue weighted by Crippen LogP contribution is -2.48. The second-order valence-electron chi connectivity index (χ2n) is 7.28. The first kappa shape index (κ1) is 22.4. The number of nitrogens with one attached hydrogen (secondary N) is 1. The van der Waals surface area contributed by atoms with Crippen LogP contribution in [0, 0.1) is 0 Å². The van der Waals surface area contributed by atoms with E-state index in [1.165, 1.54) is 0 Å². The first-order valence-electron chi connectivity index (χ1n) is 9.93. The largest absolute Gasteiger partial charge is 0.457 e. The number of hydrogen-bond acceptors (Lipinski definition) is 4. The molecule has 0 unspecified atom stereocenters. The maximum atomic E-state index is 12.9. The minimum Gasteiger partial charge on any atom is -0.457 e. The van der Waals surface area contributed by atoms with Crippen LogP contribution in [-0.4, -0.2) is 26.6 Å². The minimum atomic E-state index is -3.70. The van der Waals surface area contributed by atoms with Gasteiger partial charge >= 0.3 is 0 Å². The molecule has 1 amide bonds. The minimum absolute atomic E-state index is 0.251. The molecule has 3 rings (SSSR count). The summed E-state index contributed by atoms with van der Waals surface area (Å²) in [7, 11) is -3.70.